The van der Waals surface area contributed by atoms with Crippen molar-refractivity contribution in [1.29, 1.82) is 0 Å². The van der Waals surface area contributed by atoms with Gasteiger partial charge in [0.2, 0.25) is 0 Å². The molecule has 0 amide bonds. The van der Waals surface area contributed by atoms with Gasteiger partial charge in [0, 0.05) is 43.9 Å². The first-order valence-corrected chi connectivity index (χ1v) is 7.67. The van der Waals surface area contributed by atoms with Gasteiger partial charge in [-0.15, -0.1) is 0 Å². The summed E-state index contributed by atoms with van der Waals surface area (Å²) in [5.74, 6) is 0. The topological polar surface area (TPSA) is 54.3 Å². The van der Waals surface area contributed by atoms with Crippen LogP contribution in [0.2, 0.25) is 0 Å². The van der Waals surface area contributed by atoms with Crippen LogP contribution in [-0.2, 0) is 11.3 Å². The zero-order valence-electron chi connectivity index (χ0n) is 13.1. The quantitative estimate of drug-likeness (QED) is 0.911. The van der Waals surface area contributed by atoms with Gasteiger partial charge in [-0.1, -0.05) is 18.2 Å². The van der Waals surface area contributed by atoms with Crippen LogP contribution in [0.25, 0.3) is 10.9 Å². The molecule has 3 N–H and O–H groups in total. The summed E-state index contributed by atoms with van der Waals surface area (Å²) in [6, 6.07) is 6.73. The number of hydrogen-bond acceptors (Lipinski definition) is 3. The standard InChI is InChI=1S/C17H25N3O/c1-11-12(2)19-17-13(5-4-6-14(11)17)9-20-8-7-15(18)16(10-20)21-3/h4-6,15-16,19H,7-10,18H2,1-3H3/t15-,16+/m1/s1. The van der Waals surface area contributed by atoms with Gasteiger partial charge in [0.15, 0.2) is 0 Å². The summed E-state index contributed by atoms with van der Waals surface area (Å²) in [6.45, 7) is 7.21. The fourth-order valence-electron chi connectivity index (χ4n) is 3.31. The Morgan fingerprint density at radius 2 is 2.19 bits per heavy atom. The fraction of sp³-hybridized carbons (Fsp3) is 0.529. The second-order valence-corrected chi connectivity index (χ2v) is 6.18. The number of nitrogens with zero attached hydrogens (tertiary/aromatic N) is 1. The normalized spacial score (nSPS) is 23.8. The molecule has 0 bridgehead atoms. The maximum absolute atomic E-state index is 6.10. The molecule has 1 aliphatic heterocycles. The average molecular weight is 287 g/mol. The third-order valence-electron chi connectivity index (χ3n) is 4.82. The zero-order valence-corrected chi connectivity index (χ0v) is 13.1. The van der Waals surface area contributed by atoms with Crippen LogP contribution in [0.1, 0.15) is 23.2 Å². The van der Waals surface area contributed by atoms with Gasteiger partial charge in [0.1, 0.15) is 0 Å². The Labute approximate surface area is 126 Å². The van der Waals surface area contributed by atoms with Gasteiger partial charge in [0.25, 0.3) is 0 Å². The molecule has 21 heavy (non-hydrogen) atoms. The monoisotopic (exact) mass is 287 g/mol. The summed E-state index contributed by atoms with van der Waals surface area (Å²) >= 11 is 0. The van der Waals surface area contributed by atoms with Crippen molar-refractivity contribution in [3.63, 3.8) is 0 Å². The first-order chi connectivity index (χ1) is 10.1. The predicted octanol–water partition coefficient (Wildman–Crippen LogP) is 2.33. The number of ether oxygens (including phenoxy) is 1. The number of likely N-dealkylation sites (tertiary alicyclic amines) is 1. The van der Waals surface area contributed by atoms with Crippen molar-refractivity contribution >= 4 is 10.9 Å². The van der Waals surface area contributed by atoms with Crippen LogP contribution in [0.15, 0.2) is 18.2 Å². The lowest BCUT2D eigenvalue weighted by Gasteiger charge is -2.36. The number of hydrogen-bond donors (Lipinski definition) is 2. The highest BCUT2D eigenvalue weighted by atomic mass is 16.5. The molecule has 4 heteroatoms. The molecule has 1 saturated heterocycles. The third-order valence-corrected chi connectivity index (χ3v) is 4.82. The molecule has 2 atom stereocenters. The van der Waals surface area contributed by atoms with Gasteiger partial charge in [-0.25, -0.2) is 0 Å². The number of H-pyrrole nitrogens is 1. The van der Waals surface area contributed by atoms with E-state index in [1.54, 1.807) is 7.11 Å². The van der Waals surface area contributed by atoms with Crippen molar-refractivity contribution in [1.82, 2.24) is 9.88 Å². The number of benzene rings is 1. The van der Waals surface area contributed by atoms with E-state index >= 15 is 0 Å². The average Bonchev–Trinajstić information content (AvgIpc) is 2.78. The van der Waals surface area contributed by atoms with Crippen LogP contribution in [0.5, 0.6) is 0 Å². The van der Waals surface area contributed by atoms with Crippen LogP contribution in [0.4, 0.5) is 0 Å². The lowest BCUT2D eigenvalue weighted by Crippen LogP contribution is -2.51. The van der Waals surface area contributed by atoms with Crippen molar-refractivity contribution in [3.05, 3.63) is 35.0 Å². The number of methoxy groups -OCH3 is 1. The van der Waals surface area contributed by atoms with Crippen molar-refractivity contribution in [2.24, 2.45) is 5.73 Å². The summed E-state index contributed by atoms with van der Waals surface area (Å²) in [5, 5.41) is 1.34. The summed E-state index contributed by atoms with van der Waals surface area (Å²) in [5.41, 5.74) is 11.3. The maximum Gasteiger partial charge on any atom is 0.0849 e. The molecular weight excluding hydrogens is 262 g/mol. The number of piperidine rings is 1. The van der Waals surface area contributed by atoms with Gasteiger partial charge in [0.05, 0.1) is 11.6 Å². The molecule has 4 nitrogen and oxygen atoms in total. The van der Waals surface area contributed by atoms with E-state index in [1.807, 2.05) is 0 Å². The fourth-order valence-corrected chi connectivity index (χ4v) is 3.31. The SMILES string of the molecule is CO[C@H]1CN(Cc2cccc3c(C)c(C)[nH]c23)CC[C@H]1N. The van der Waals surface area contributed by atoms with Gasteiger partial charge < -0.3 is 15.5 Å². The number of nitrogens with two attached hydrogens (primary N) is 1. The van der Waals surface area contributed by atoms with Crippen LogP contribution in [-0.4, -0.2) is 42.2 Å². The number of aromatic amines is 1. The molecule has 0 saturated carbocycles. The molecule has 1 aromatic heterocycles. The Balaban J connectivity index is 1.84. The number of fused-ring (bicyclic) bond motifs is 1. The van der Waals surface area contributed by atoms with E-state index in [2.05, 4.69) is 41.9 Å². The highest BCUT2D eigenvalue weighted by Gasteiger charge is 2.26. The minimum atomic E-state index is 0.144. The molecule has 1 aliphatic rings. The minimum absolute atomic E-state index is 0.144. The van der Waals surface area contributed by atoms with E-state index in [0.29, 0.717) is 0 Å². The molecule has 0 unspecified atom stereocenters. The molecule has 1 fully saturated rings. The maximum atomic E-state index is 6.10. The summed E-state index contributed by atoms with van der Waals surface area (Å²) in [6.07, 6.45) is 1.14. The largest absolute Gasteiger partial charge is 0.379 e. The number of aryl methyl sites for hydroxylation is 2. The van der Waals surface area contributed by atoms with E-state index in [4.69, 9.17) is 10.5 Å². The minimum Gasteiger partial charge on any atom is -0.379 e. The molecule has 1 aromatic carbocycles. The first-order valence-electron chi connectivity index (χ1n) is 7.67. The number of rotatable bonds is 3. The number of para-hydroxylation sites is 1. The molecule has 0 aliphatic carbocycles. The lowest BCUT2D eigenvalue weighted by atomic mass is 10.0. The van der Waals surface area contributed by atoms with Gasteiger partial charge >= 0.3 is 0 Å². The molecule has 2 heterocycles. The predicted molar refractivity (Wildman–Crippen MR) is 86.4 cm³/mol. The van der Waals surface area contributed by atoms with Crippen molar-refractivity contribution in [2.75, 3.05) is 20.2 Å². The van der Waals surface area contributed by atoms with Crippen LogP contribution >= 0.6 is 0 Å². The summed E-state index contributed by atoms with van der Waals surface area (Å²) in [7, 11) is 1.76. The van der Waals surface area contributed by atoms with E-state index in [9.17, 15) is 0 Å². The second kappa shape index (κ2) is 5.79. The Morgan fingerprint density at radius 1 is 1.38 bits per heavy atom. The van der Waals surface area contributed by atoms with E-state index < -0.39 is 0 Å². The van der Waals surface area contributed by atoms with Crippen LogP contribution < -0.4 is 5.73 Å². The summed E-state index contributed by atoms with van der Waals surface area (Å²) < 4.78 is 5.51. The molecule has 114 valence electrons. The molecule has 0 spiro atoms. The Kier molecular flexibility index (Phi) is 4.02. The van der Waals surface area contributed by atoms with E-state index in [0.717, 1.165) is 26.1 Å². The molecular formula is C17H25N3O. The molecule has 0 radical (unpaired) electrons. The van der Waals surface area contributed by atoms with Crippen molar-refractivity contribution in [3.8, 4) is 0 Å². The first kappa shape index (κ1) is 14.6. The van der Waals surface area contributed by atoms with Gasteiger partial charge in [-0.05, 0) is 31.4 Å². The van der Waals surface area contributed by atoms with Crippen molar-refractivity contribution < 1.29 is 4.74 Å². The Hall–Kier alpha value is -1.36. The second-order valence-electron chi connectivity index (χ2n) is 6.18. The van der Waals surface area contributed by atoms with Gasteiger partial charge in [-0.3, -0.25) is 4.90 Å². The van der Waals surface area contributed by atoms with Crippen molar-refractivity contribution in [2.45, 2.75) is 39.0 Å². The highest BCUT2D eigenvalue weighted by Crippen LogP contribution is 2.26. The smallest absolute Gasteiger partial charge is 0.0849 e. The number of aromatic nitrogens is 1. The third kappa shape index (κ3) is 2.71. The van der Waals surface area contributed by atoms with E-state index in [-0.39, 0.29) is 12.1 Å². The Morgan fingerprint density at radius 3 is 2.95 bits per heavy atom. The van der Waals surface area contributed by atoms with Crippen LogP contribution in [0.3, 0.4) is 0 Å². The van der Waals surface area contributed by atoms with E-state index in [1.165, 1.54) is 27.7 Å². The van der Waals surface area contributed by atoms with Crippen LogP contribution in [0, 0.1) is 13.8 Å². The molecule has 3 rings (SSSR count). The number of nitrogens with one attached hydrogen (secondary N) is 1. The van der Waals surface area contributed by atoms with Gasteiger partial charge in [-0.2, -0.15) is 0 Å². The lowest BCUT2D eigenvalue weighted by molar-refractivity contribution is 0.0141. The summed E-state index contributed by atoms with van der Waals surface area (Å²) in [4.78, 5) is 5.98. The molecule has 2 aromatic rings. The Bertz CT molecular complexity index is 634. The zero-order chi connectivity index (χ0) is 15.0. The highest BCUT2D eigenvalue weighted by molar-refractivity contribution is 5.87.